The molecule has 0 bridgehead atoms. The van der Waals surface area contributed by atoms with E-state index in [2.05, 4.69) is 5.32 Å². The van der Waals surface area contributed by atoms with Gasteiger partial charge in [-0.2, -0.15) is 0 Å². The summed E-state index contributed by atoms with van der Waals surface area (Å²) in [6.07, 6.45) is 1.84. The molecule has 4 heteroatoms. The molecule has 82 valence electrons. The van der Waals surface area contributed by atoms with E-state index in [9.17, 15) is 9.50 Å². The Labute approximate surface area is 93.1 Å². The highest BCUT2D eigenvalue weighted by molar-refractivity contribution is 6.30. The first-order chi connectivity index (χ1) is 7.16. The summed E-state index contributed by atoms with van der Waals surface area (Å²) < 4.78 is 13.0. The minimum atomic E-state index is -0.567. The van der Waals surface area contributed by atoms with Crippen LogP contribution in [0, 0.1) is 11.7 Å². The molecule has 1 aliphatic heterocycles. The van der Waals surface area contributed by atoms with Crippen LogP contribution < -0.4 is 5.32 Å². The zero-order valence-corrected chi connectivity index (χ0v) is 9.02. The Kier molecular flexibility index (Phi) is 3.12. The maximum absolute atomic E-state index is 13.0. The zero-order chi connectivity index (χ0) is 10.8. The number of benzene rings is 1. The van der Waals surface area contributed by atoms with Gasteiger partial charge in [0.1, 0.15) is 11.6 Å². The van der Waals surface area contributed by atoms with Crippen LogP contribution in [0.25, 0.3) is 0 Å². The smallest absolute Gasteiger partial charge is 0.145 e. The Hall–Kier alpha value is -0.800. The highest BCUT2D eigenvalue weighted by atomic mass is 35.5. The quantitative estimate of drug-likeness (QED) is 0.816. The topological polar surface area (TPSA) is 32.3 Å². The van der Waals surface area contributed by atoms with Crippen LogP contribution in [0.5, 0.6) is 5.75 Å². The van der Waals surface area contributed by atoms with Crippen LogP contribution in [-0.4, -0.2) is 18.2 Å². The summed E-state index contributed by atoms with van der Waals surface area (Å²) in [6.45, 7) is 1.97. The van der Waals surface area contributed by atoms with E-state index in [0.29, 0.717) is 5.92 Å². The largest absolute Gasteiger partial charge is 0.508 e. The van der Waals surface area contributed by atoms with Crippen molar-refractivity contribution in [3.05, 3.63) is 28.5 Å². The zero-order valence-electron chi connectivity index (χ0n) is 8.26. The minimum Gasteiger partial charge on any atom is -0.508 e. The molecule has 1 saturated heterocycles. The first-order valence-electron chi connectivity index (χ1n) is 5.04. The lowest BCUT2D eigenvalue weighted by Crippen LogP contribution is -2.10. The van der Waals surface area contributed by atoms with Crippen LogP contribution in [-0.2, 0) is 6.42 Å². The maximum atomic E-state index is 13.0. The number of hydrogen-bond acceptors (Lipinski definition) is 2. The van der Waals surface area contributed by atoms with Crippen molar-refractivity contribution in [2.45, 2.75) is 12.8 Å². The molecular formula is C11H13ClFNO. The summed E-state index contributed by atoms with van der Waals surface area (Å²) in [6, 6.07) is 2.60. The summed E-state index contributed by atoms with van der Waals surface area (Å²) in [4.78, 5) is 0. The van der Waals surface area contributed by atoms with Crippen molar-refractivity contribution in [2.75, 3.05) is 13.1 Å². The van der Waals surface area contributed by atoms with E-state index in [4.69, 9.17) is 11.6 Å². The molecule has 0 saturated carbocycles. The number of halogens is 2. The number of aromatic hydroxyl groups is 1. The van der Waals surface area contributed by atoms with E-state index in [-0.39, 0.29) is 10.8 Å². The number of phenolic OH excluding ortho intramolecular Hbond substituents is 1. The van der Waals surface area contributed by atoms with Gasteiger partial charge in [0, 0.05) is 6.07 Å². The van der Waals surface area contributed by atoms with Crippen LogP contribution in [0.1, 0.15) is 12.0 Å². The Balaban J connectivity index is 2.16. The monoisotopic (exact) mass is 229 g/mol. The first-order valence-corrected chi connectivity index (χ1v) is 5.42. The van der Waals surface area contributed by atoms with Gasteiger partial charge in [0.2, 0.25) is 0 Å². The summed E-state index contributed by atoms with van der Waals surface area (Å²) in [7, 11) is 0. The molecule has 1 fully saturated rings. The SMILES string of the molecule is Oc1cc(F)c(Cl)cc1CC1CCNC1. The first kappa shape index (κ1) is 10.7. The lowest BCUT2D eigenvalue weighted by atomic mass is 9.98. The summed E-state index contributed by atoms with van der Waals surface area (Å²) in [5.74, 6) is -0.0521. The third-order valence-electron chi connectivity index (χ3n) is 2.79. The molecule has 2 rings (SSSR count). The molecule has 0 spiro atoms. The summed E-state index contributed by atoms with van der Waals surface area (Å²) in [5, 5.41) is 12.9. The minimum absolute atomic E-state index is 0.00352. The fraction of sp³-hybridized carbons (Fsp3) is 0.455. The van der Waals surface area contributed by atoms with Crippen molar-refractivity contribution in [2.24, 2.45) is 5.92 Å². The van der Waals surface area contributed by atoms with E-state index in [0.717, 1.165) is 37.6 Å². The summed E-state index contributed by atoms with van der Waals surface area (Å²) >= 11 is 5.67. The van der Waals surface area contributed by atoms with Gasteiger partial charge in [-0.15, -0.1) is 0 Å². The third-order valence-corrected chi connectivity index (χ3v) is 3.08. The maximum Gasteiger partial charge on any atom is 0.145 e. The molecule has 1 unspecified atom stereocenters. The van der Waals surface area contributed by atoms with Gasteiger partial charge in [0.05, 0.1) is 5.02 Å². The Morgan fingerprint density at radius 1 is 1.53 bits per heavy atom. The second-order valence-corrected chi connectivity index (χ2v) is 4.37. The summed E-state index contributed by atoms with van der Waals surface area (Å²) in [5.41, 5.74) is 0.732. The molecule has 2 nitrogen and oxygen atoms in total. The molecule has 2 N–H and O–H groups in total. The Morgan fingerprint density at radius 3 is 3.00 bits per heavy atom. The van der Waals surface area contributed by atoms with Crippen molar-refractivity contribution in [3.8, 4) is 5.75 Å². The number of phenols is 1. The molecule has 1 aliphatic rings. The van der Waals surface area contributed by atoms with Gasteiger partial charge in [-0.1, -0.05) is 11.6 Å². The second kappa shape index (κ2) is 4.37. The van der Waals surface area contributed by atoms with E-state index in [1.807, 2.05) is 0 Å². The number of hydrogen-bond donors (Lipinski definition) is 2. The second-order valence-electron chi connectivity index (χ2n) is 3.96. The van der Waals surface area contributed by atoms with E-state index in [1.54, 1.807) is 0 Å². The molecule has 1 heterocycles. The van der Waals surface area contributed by atoms with Gasteiger partial charge in [-0.25, -0.2) is 4.39 Å². The predicted molar refractivity (Wildman–Crippen MR) is 57.8 cm³/mol. The van der Waals surface area contributed by atoms with Crippen molar-refractivity contribution < 1.29 is 9.50 Å². The third kappa shape index (κ3) is 2.41. The molecule has 0 amide bonds. The van der Waals surface area contributed by atoms with Crippen molar-refractivity contribution in [1.82, 2.24) is 5.32 Å². The normalized spacial score (nSPS) is 20.8. The van der Waals surface area contributed by atoms with Crippen LogP contribution in [0.2, 0.25) is 5.02 Å². The Bertz CT molecular complexity index is 364. The van der Waals surface area contributed by atoms with E-state index >= 15 is 0 Å². The van der Waals surface area contributed by atoms with Crippen LogP contribution in [0.15, 0.2) is 12.1 Å². The molecule has 1 aromatic carbocycles. The van der Waals surface area contributed by atoms with Gasteiger partial charge in [-0.05, 0) is 43.5 Å². The van der Waals surface area contributed by atoms with Crippen molar-refractivity contribution in [3.63, 3.8) is 0 Å². The molecule has 1 aromatic rings. The van der Waals surface area contributed by atoms with Crippen LogP contribution >= 0.6 is 11.6 Å². The average molecular weight is 230 g/mol. The van der Waals surface area contributed by atoms with Crippen LogP contribution in [0.3, 0.4) is 0 Å². The fourth-order valence-corrected chi connectivity index (χ4v) is 2.13. The number of nitrogens with one attached hydrogen (secondary N) is 1. The number of rotatable bonds is 2. The van der Waals surface area contributed by atoms with Gasteiger partial charge < -0.3 is 10.4 Å². The lowest BCUT2D eigenvalue weighted by molar-refractivity contribution is 0.453. The fourth-order valence-electron chi connectivity index (χ4n) is 1.94. The molecule has 0 aromatic heterocycles. The van der Waals surface area contributed by atoms with Crippen molar-refractivity contribution >= 4 is 11.6 Å². The van der Waals surface area contributed by atoms with E-state index in [1.165, 1.54) is 6.07 Å². The molecule has 0 aliphatic carbocycles. The molecular weight excluding hydrogens is 217 g/mol. The van der Waals surface area contributed by atoms with Gasteiger partial charge >= 0.3 is 0 Å². The predicted octanol–water partition coefficient (Wildman–Crippen LogP) is 2.34. The van der Waals surface area contributed by atoms with Gasteiger partial charge in [0.25, 0.3) is 0 Å². The highest BCUT2D eigenvalue weighted by Crippen LogP contribution is 2.28. The Morgan fingerprint density at radius 2 is 2.33 bits per heavy atom. The lowest BCUT2D eigenvalue weighted by Gasteiger charge is -2.10. The van der Waals surface area contributed by atoms with Gasteiger partial charge in [0.15, 0.2) is 0 Å². The molecule has 0 radical (unpaired) electrons. The van der Waals surface area contributed by atoms with Crippen molar-refractivity contribution in [1.29, 1.82) is 0 Å². The van der Waals surface area contributed by atoms with Crippen LogP contribution in [0.4, 0.5) is 4.39 Å². The standard InChI is InChI=1S/C11H13ClFNO/c12-9-4-8(11(15)5-10(9)13)3-7-1-2-14-6-7/h4-5,7,14-15H,1-3,6H2. The molecule has 15 heavy (non-hydrogen) atoms. The molecule has 1 atom stereocenters. The van der Waals surface area contributed by atoms with Gasteiger partial charge in [-0.3, -0.25) is 0 Å². The highest BCUT2D eigenvalue weighted by Gasteiger charge is 2.17. The van der Waals surface area contributed by atoms with E-state index < -0.39 is 5.82 Å². The average Bonchev–Trinajstić information content (AvgIpc) is 2.67.